The molecule has 1 aromatic rings. The minimum absolute atomic E-state index is 0.00471. The number of carbonyl (C=O) groups is 2. The molecule has 0 saturated carbocycles. The van der Waals surface area contributed by atoms with Crippen molar-refractivity contribution in [2.45, 2.75) is 26.2 Å². The zero-order valence-corrected chi connectivity index (χ0v) is 13.6. The Hall–Kier alpha value is -1.11. The summed E-state index contributed by atoms with van der Waals surface area (Å²) in [6, 6.07) is 7.49. The highest BCUT2D eigenvalue weighted by atomic mass is 127. The molecule has 0 unspecified atom stereocenters. The number of carboxylic acids is 1. The lowest BCUT2D eigenvalue weighted by Gasteiger charge is -2.38. The van der Waals surface area contributed by atoms with Crippen LogP contribution in [0.3, 0.4) is 0 Å². The first-order valence-corrected chi connectivity index (χ1v) is 7.85. The van der Waals surface area contributed by atoms with Crippen molar-refractivity contribution in [2.24, 2.45) is 5.41 Å². The summed E-state index contributed by atoms with van der Waals surface area (Å²) in [5.41, 5.74) is 0.0492. The van der Waals surface area contributed by atoms with E-state index < -0.39 is 11.4 Å². The molecule has 0 aliphatic carbocycles. The van der Waals surface area contributed by atoms with Crippen LogP contribution in [0.25, 0.3) is 0 Å². The van der Waals surface area contributed by atoms with Crippen LogP contribution in [0.5, 0.6) is 0 Å². The number of likely N-dealkylation sites (tertiary alicyclic amines) is 1. The maximum atomic E-state index is 12.5. The summed E-state index contributed by atoms with van der Waals surface area (Å²) in [7, 11) is 0. The van der Waals surface area contributed by atoms with Crippen molar-refractivity contribution in [1.82, 2.24) is 4.90 Å². The van der Waals surface area contributed by atoms with E-state index in [1.165, 1.54) is 0 Å². The Morgan fingerprint density at radius 3 is 2.40 bits per heavy atom. The van der Waals surface area contributed by atoms with Crippen LogP contribution in [0.2, 0.25) is 0 Å². The quantitative estimate of drug-likeness (QED) is 0.812. The number of hydrogen-bond donors (Lipinski definition) is 1. The third-order valence-electron chi connectivity index (χ3n) is 4.24. The zero-order chi connectivity index (χ0) is 14.8. The van der Waals surface area contributed by atoms with E-state index in [2.05, 4.69) is 22.6 Å². The van der Waals surface area contributed by atoms with Crippen LogP contribution < -0.4 is 0 Å². The molecule has 0 aromatic heterocycles. The second kappa shape index (κ2) is 6.11. The maximum Gasteiger partial charge on any atom is 0.309 e. The lowest BCUT2D eigenvalue weighted by Crippen LogP contribution is -2.46. The lowest BCUT2D eigenvalue weighted by molar-refractivity contribution is -0.152. The van der Waals surface area contributed by atoms with E-state index in [-0.39, 0.29) is 5.91 Å². The van der Waals surface area contributed by atoms with Gasteiger partial charge in [-0.2, -0.15) is 0 Å². The fraction of sp³-hybridized carbons (Fsp3) is 0.467. The molecule has 0 radical (unpaired) electrons. The Morgan fingerprint density at radius 2 is 1.90 bits per heavy atom. The minimum Gasteiger partial charge on any atom is -0.481 e. The molecule has 5 heteroatoms. The van der Waals surface area contributed by atoms with Crippen LogP contribution in [0.4, 0.5) is 0 Å². The van der Waals surface area contributed by atoms with Crippen molar-refractivity contribution in [1.29, 1.82) is 0 Å². The van der Waals surface area contributed by atoms with Gasteiger partial charge in [-0.15, -0.1) is 0 Å². The average molecular weight is 387 g/mol. The number of halogens is 1. The summed E-state index contributed by atoms with van der Waals surface area (Å²) in [5.74, 6) is -0.730. The van der Waals surface area contributed by atoms with E-state index in [1.807, 2.05) is 31.2 Å². The minimum atomic E-state index is -0.735. The van der Waals surface area contributed by atoms with Crippen molar-refractivity contribution in [3.63, 3.8) is 0 Å². The van der Waals surface area contributed by atoms with Crippen LogP contribution in [0.15, 0.2) is 24.3 Å². The van der Waals surface area contributed by atoms with Gasteiger partial charge < -0.3 is 10.0 Å². The summed E-state index contributed by atoms with van der Waals surface area (Å²) < 4.78 is 0.931. The number of rotatable bonds is 3. The van der Waals surface area contributed by atoms with E-state index in [0.717, 1.165) is 3.57 Å². The van der Waals surface area contributed by atoms with Crippen molar-refractivity contribution in [2.75, 3.05) is 13.1 Å². The Bertz CT molecular complexity index is 522. The van der Waals surface area contributed by atoms with Crippen molar-refractivity contribution in [3.05, 3.63) is 33.4 Å². The summed E-state index contributed by atoms with van der Waals surface area (Å²) >= 11 is 2.15. The summed E-state index contributed by atoms with van der Waals surface area (Å²) in [6.07, 6.45) is 1.69. The second-order valence-corrected chi connectivity index (χ2v) is 6.37. The molecule has 1 heterocycles. The van der Waals surface area contributed by atoms with Gasteiger partial charge in [-0.05, 0) is 54.0 Å². The Labute approximate surface area is 132 Å². The topological polar surface area (TPSA) is 57.6 Å². The Balaban J connectivity index is 2.10. The Kier molecular flexibility index (Phi) is 4.67. The van der Waals surface area contributed by atoms with Gasteiger partial charge in [0.05, 0.1) is 11.0 Å². The van der Waals surface area contributed by atoms with E-state index in [0.29, 0.717) is 37.9 Å². The largest absolute Gasteiger partial charge is 0.481 e. The number of amides is 1. The summed E-state index contributed by atoms with van der Waals surface area (Å²) in [4.78, 5) is 25.6. The predicted molar refractivity (Wildman–Crippen MR) is 84.7 cm³/mol. The molecule has 1 aliphatic rings. The standard InChI is InChI=1S/C15H18INO3/c1-2-15(14(19)20)7-9-17(10-8-15)13(18)11-5-3-4-6-12(11)16/h3-6H,2,7-10H2,1H3,(H,19,20). The lowest BCUT2D eigenvalue weighted by atomic mass is 9.76. The van der Waals surface area contributed by atoms with Gasteiger partial charge in [0, 0.05) is 16.7 Å². The van der Waals surface area contributed by atoms with Crippen LogP contribution in [-0.2, 0) is 4.79 Å². The molecule has 0 spiro atoms. The van der Waals surface area contributed by atoms with Crippen LogP contribution in [0, 0.1) is 8.99 Å². The first-order valence-electron chi connectivity index (χ1n) is 6.77. The zero-order valence-electron chi connectivity index (χ0n) is 11.4. The Morgan fingerprint density at radius 1 is 1.30 bits per heavy atom. The number of benzene rings is 1. The third kappa shape index (κ3) is 2.82. The molecule has 108 valence electrons. The van der Waals surface area contributed by atoms with Gasteiger partial charge in [0.15, 0.2) is 0 Å². The highest BCUT2D eigenvalue weighted by molar-refractivity contribution is 14.1. The molecule has 1 N–H and O–H groups in total. The number of piperidine rings is 1. The first-order chi connectivity index (χ1) is 9.50. The molecular formula is C15H18INO3. The molecule has 1 aliphatic heterocycles. The molecule has 1 aromatic carbocycles. The van der Waals surface area contributed by atoms with Crippen molar-refractivity contribution < 1.29 is 14.7 Å². The third-order valence-corrected chi connectivity index (χ3v) is 5.18. The van der Waals surface area contributed by atoms with Crippen LogP contribution >= 0.6 is 22.6 Å². The van der Waals surface area contributed by atoms with Crippen LogP contribution in [-0.4, -0.2) is 35.0 Å². The number of carbonyl (C=O) groups excluding carboxylic acids is 1. The van der Waals surface area contributed by atoms with E-state index in [1.54, 1.807) is 4.90 Å². The SMILES string of the molecule is CCC1(C(=O)O)CCN(C(=O)c2ccccc2I)CC1. The van der Waals surface area contributed by atoms with Gasteiger partial charge in [0.1, 0.15) is 0 Å². The van der Waals surface area contributed by atoms with E-state index >= 15 is 0 Å². The first kappa shape index (κ1) is 15.3. The molecule has 1 saturated heterocycles. The van der Waals surface area contributed by atoms with Gasteiger partial charge >= 0.3 is 5.97 Å². The number of hydrogen-bond acceptors (Lipinski definition) is 2. The van der Waals surface area contributed by atoms with Crippen molar-refractivity contribution in [3.8, 4) is 0 Å². The van der Waals surface area contributed by atoms with Gasteiger partial charge in [0.25, 0.3) is 5.91 Å². The fourth-order valence-electron chi connectivity index (χ4n) is 2.66. The summed E-state index contributed by atoms with van der Waals surface area (Å²) in [5, 5.41) is 9.37. The monoisotopic (exact) mass is 387 g/mol. The number of aliphatic carboxylic acids is 1. The molecule has 4 nitrogen and oxygen atoms in total. The molecule has 1 fully saturated rings. The number of nitrogens with zero attached hydrogens (tertiary/aromatic N) is 1. The highest BCUT2D eigenvalue weighted by Gasteiger charge is 2.40. The smallest absolute Gasteiger partial charge is 0.309 e. The second-order valence-electron chi connectivity index (χ2n) is 5.21. The molecule has 0 bridgehead atoms. The molecule has 1 amide bonds. The predicted octanol–water partition coefficient (Wildman–Crippen LogP) is 3.01. The molecule has 20 heavy (non-hydrogen) atoms. The molecule has 0 atom stereocenters. The van der Waals surface area contributed by atoms with Gasteiger partial charge in [-0.25, -0.2) is 0 Å². The normalized spacial score (nSPS) is 17.8. The van der Waals surface area contributed by atoms with Gasteiger partial charge in [-0.1, -0.05) is 19.1 Å². The van der Waals surface area contributed by atoms with Gasteiger partial charge in [0.2, 0.25) is 0 Å². The molecule has 2 rings (SSSR count). The molecular weight excluding hydrogens is 369 g/mol. The summed E-state index contributed by atoms with van der Waals surface area (Å²) in [6.45, 7) is 2.94. The van der Waals surface area contributed by atoms with E-state index in [9.17, 15) is 14.7 Å². The van der Waals surface area contributed by atoms with Crippen LogP contribution in [0.1, 0.15) is 36.5 Å². The van der Waals surface area contributed by atoms with E-state index in [4.69, 9.17) is 0 Å². The maximum absolute atomic E-state index is 12.5. The van der Waals surface area contributed by atoms with Crippen molar-refractivity contribution >= 4 is 34.5 Å². The fourth-order valence-corrected chi connectivity index (χ4v) is 3.28. The van der Waals surface area contributed by atoms with Gasteiger partial charge in [-0.3, -0.25) is 9.59 Å². The average Bonchev–Trinajstić information content (AvgIpc) is 2.47. The highest BCUT2D eigenvalue weighted by Crippen LogP contribution is 2.35. The number of carboxylic acid groups (broad SMARTS) is 1.